The first-order valence-electron chi connectivity index (χ1n) is 5.22. The molecule has 0 spiro atoms. The number of carbonyl (C=O) groups is 2. The summed E-state index contributed by atoms with van der Waals surface area (Å²) in [5.41, 5.74) is 1.27. The summed E-state index contributed by atoms with van der Waals surface area (Å²) in [6, 6.07) is 4.12. The molecule has 0 aromatic carbocycles. The van der Waals surface area contributed by atoms with Crippen molar-refractivity contribution in [3.05, 3.63) is 24.5 Å². The van der Waals surface area contributed by atoms with Crippen molar-refractivity contribution in [2.24, 2.45) is 0 Å². The average molecular weight is 238 g/mol. The second-order valence-electron chi connectivity index (χ2n) is 3.52. The monoisotopic (exact) mass is 238 g/mol. The smallest absolute Gasteiger partial charge is 0.414 e. The standard InChI is InChI=1S/C9H12N2.C2H2O4/c1-2-7-11(6-1)9-4-3-5-10-8-9;3-1(4)2(5)6/h3-5,8H,1-2,6-7H2;(H,3,4)(H,5,6). The molecular weight excluding hydrogens is 224 g/mol. The van der Waals surface area contributed by atoms with Crippen LogP contribution in [-0.2, 0) is 9.59 Å². The molecule has 1 aliphatic rings. The van der Waals surface area contributed by atoms with E-state index in [9.17, 15) is 0 Å². The fourth-order valence-corrected chi connectivity index (χ4v) is 1.52. The fraction of sp³-hybridized carbons (Fsp3) is 0.364. The van der Waals surface area contributed by atoms with E-state index in [1.165, 1.54) is 31.6 Å². The number of aliphatic carboxylic acids is 2. The maximum absolute atomic E-state index is 9.10. The van der Waals surface area contributed by atoms with Crippen molar-refractivity contribution in [3.63, 3.8) is 0 Å². The molecule has 6 nitrogen and oxygen atoms in total. The van der Waals surface area contributed by atoms with Crippen LogP contribution < -0.4 is 4.90 Å². The lowest BCUT2D eigenvalue weighted by molar-refractivity contribution is -0.159. The summed E-state index contributed by atoms with van der Waals surface area (Å²) >= 11 is 0. The zero-order chi connectivity index (χ0) is 12.7. The molecule has 0 aliphatic carbocycles. The highest BCUT2D eigenvalue weighted by molar-refractivity contribution is 6.27. The number of hydrogen-bond acceptors (Lipinski definition) is 4. The maximum Gasteiger partial charge on any atom is 0.414 e. The number of carboxylic acids is 2. The SMILES string of the molecule is O=C(O)C(=O)O.c1cncc(N2CCCC2)c1. The van der Waals surface area contributed by atoms with E-state index in [4.69, 9.17) is 19.8 Å². The Morgan fingerprint density at radius 1 is 1.18 bits per heavy atom. The van der Waals surface area contributed by atoms with E-state index in [1.807, 2.05) is 18.5 Å². The van der Waals surface area contributed by atoms with Crippen molar-refractivity contribution in [2.45, 2.75) is 12.8 Å². The Bertz CT molecular complexity index is 362. The van der Waals surface area contributed by atoms with Crippen molar-refractivity contribution in [1.29, 1.82) is 0 Å². The molecule has 1 aromatic heterocycles. The van der Waals surface area contributed by atoms with E-state index in [2.05, 4.69) is 16.0 Å². The van der Waals surface area contributed by atoms with Crippen LogP contribution in [-0.4, -0.2) is 40.2 Å². The molecule has 17 heavy (non-hydrogen) atoms. The number of hydrogen-bond donors (Lipinski definition) is 2. The fourth-order valence-electron chi connectivity index (χ4n) is 1.52. The summed E-state index contributed by atoms with van der Waals surface area (Å²) in [5, 5.41) is 14.8. The minimum absolute atomic E-state index is 1.20. The molecule has 1 aliphatic heterocycles. The lowest BCUT2D eigenvalue weighted by atomic mass is 10.4. The minimum atomic E-state index is -1.82. The molecular formula is C11H14N2O4. The average Bonchev–Trinajstić information content (AvgIpc) is 2.84. The molecule has 0 atom stereocenters. The number of carboxylic acid groups (broad SMARTS) is 2. The van der Waals surface area contributed by atoms with Crippen LogP contribution in [0.25, 0.3) is 0 Å². The van der Waals surface area contributed by atoms with E-state index < -0.39 is 11.9 Å². The van der Waals surface area contributed by atoms with E-state index in [1.54, 1.807) is 0 Å². The van der Waals surface area contributed by atoms with Gasteiger partial charge in [-0.05, 0) is 25.0 Å². The molecule has 0 saturated carbocycles. The summed E-state index contributed by atoms with van der Waals surface area (Å²) in [4.78, 5) is 24.7. The normalized spacial score (nSPS) is 13.8. The second kappa shape index (κ2) is 6.47. The van der Waals surface area contributed by atoms with E-state index in [0.29, 0.717) is 0 Å². The van der Waals surface area contributed by atoms with Gasteiger partial charge < -0.3 is 15.1 Å². The Balaban J connectivity index is 0.000000209. The van der Waals surface area contributed by atoms with Gasteiger partial charge in [-0.15, -0.1) is 0 Å². The predicted molar refractivity (Wildman–Crippen MR) is 61.0 cm³/mol. The zero-order valence-electron chi connectivity index (χ0n) is 9.24. The lowest BCUT2D eigenvalue weighted by Gasteiger charge is -2.15. The van der Waals surface area contributed by atoms with Gasteiger partial charge in [-0.1, -0.05) is 0 Å². The molecule has 1 aromatic rings. The Morgan fingerprint density at radius 2 is 1.76 bits per heavy atom. The van der Waals surface area contributed by atoms with Gasteiger partial charge in [0.05, 0.1) is 11.9 Å². The third-order valence-corrected chi connectivity index (χ3v) is 2.30. The molecule has 0 amide bonds. The molecule has 0 radical (unpaired) electrons. The van der Waals surface area contributed by atoms with Crippen LogP contribution >= 0.6 is 0 Å². The van der Waals surface area contributed by atoms with Crippen molar-refractivity contribution in [1.82, 2.24) is 4.98 Å². The van der Waals surface area contributed by atoms with Crippen LogP contribution in [0.1, 0.15) is 12.8 Å². The topological polar surface area (TPSA) is 90.7 Å². The largest absolute Gasteiger partial charge is 0.473 e. The van der Waals surface area contributed by atoms with Crippen LogP contribution in [0.5, 0.6) is 0 Å². The Labute approximate surface area is 98.5 Å². The predicted octanol–water partition coefficient (Wildman–Crippen LogP) is 0.837. The molecule has 1 saturated heterocycles. The highest BCUT2D eigenvalue weighted by Crippen LogP contribution is 2.17. The molecule has 2 rings (SSSR count). The first-order chi connectivity index (χ1) is 8.11. The van der Waals surface area contributed by atoms with Crippen molar-refractivity contribution >= 4 is 17.6 Å². The molecule has 1 fully saturated rings. The Morgan fingerprint density at radius 3 is 2.18 bits per heavy atom. The summed E-state index contributed by atoms with van der Waals surface area (Å²) in [6.07, 6.45) is 6.41. The number of rotatable bonds is 1. The second-order valence-corrected chi connectivity index (χ2v) is 3.52. The van der Waals surface area contributed by atoms with Gasteiger partial charge in [0.25, 0.3) is 0 Å². The highest BCUT2D eigenvalue weighted by atomic mass is 16.4. The first-order valence-corrected chi connectivity index (χ1v) is 5.22. The summed E-state index contributed by atoms with van der Waals surface area (Å²) in [6.45, 7) is 2.40. The van der Waals surface area contributed by atoms with Gasteiger partial charge in [0.1, 0.15) is 0 Å². The van der Waals surface area contributed by atoms with Crippen molar-refractivity contribution in [3.8, 4) is 0 Å². The zero-order valence-corrected chi connectivity index (χ0v) is 9.24. The van der Waals surface area contributed by atoms with E-state index in [0.717, 1.165) is 0 Å². The van der Waals surface area contributed by atoms with Gasteiger partial charge in [0.2, 0.25) is 0 Å². The quantitative estimate of drug-likeness (QED) is 0.704. The van der Waals surface area contributed by atoms with Crippen molar-refractivity contribution in [2.75, 3.05) is 18.0 Å². The highest BCUT2D eigenvalue weighted by Gasteiger charge is 2.11. The molecule has 0 bridgehead atoms. The number of nitrogens with zero attached hydrogens (tertiary/aromatic N) is 2. The maximum atomic E-state index is 9.10. The minimum Gasteiger partial charge on any atom is -0.473 e. The van der Waals surface area contributed by atoms with Crippen molar-refractivity contribution < 1.29 is 19.8 Å². The van der Waals surface area contributed by atoms with Crippen LogP contribution in [0.4, 0.5) is 5.69 Å². The lowest BCUT2D eigenvalue weighted by Crippen LogP contribution is -2.17. The summed E-state index contributed by atoms with van der Waals surface area (Å²) in [5.74, 6) is -3.65. The molecule has 2 N–H and O–H groups in total. The summed E-state index contributed by atoms with van der Waals surface area (Å²) in [7, 11) is 0. The third kappa shape index (κ3) is 4.50. The van der Waals surface area contributed by atoms with Gasteiger partial charge in [-0.25, -0.2) is 9.59 Å². The Hall–Kier alpha value is -2.11. The molecule has 0 unspecified atom stereocenters. The van der Waals surface area contributed by atoms with Gasteiger partial charge in [-0.2, -0.15) is 0 Å². The van der Waals surface area contributed by atoms with Gasteiger partial charge in [0, 0.05) is 19.3 Å². The number of anilines is 1. The molecule has 92 valence electrons. The van der Waals surface area contributed by atoms with Crippen LogP contribution in [0.3, 0.4) is 0 Å². The van der Waals surface area contributed by atoms with E-state index in [-0.39, 0.29) is 0 Å². The van der Waals surface area contributed by atoms with Gasteiger partial charge in [-0.3, -0.25) is 4.98 Å². The number of pyridine rings is 1. The molecule has 6 heteroatoms. The Kier molecular flexibility index (Phi) is 4.93. The first kappa shape index (κ1) is 13.0. The number of aromatic nitrogens is 1. The van der Waals surface area contributed by atoms with Crippen LogP contribution in [0.15, 0.2) is 24.5 Å². The summed E-state index contributed by atoms with van der Waals surface area (Å²) < 4.78 is 0. The van der Waals surface area contributed by atoms with Gasteiger partial charge >= 0.3 is 11.9 Å². The van der Waals surface area contributed by atoms with Crippen LogP contribution in [0.2, 0.25) is 0 Å². The van der Waals surface area contributed by atoms with Crippen LogP contribution in [0, 0.1) is 0 Å². The molecule has 2 heterocycles. The van der Waals surface area contributed by atoms with Gasteiger partial charge in [0.15, 0.2) is 0 Å². The third-order valence-electron chi connectivity index (χ3n) is 2.30. The van der Waals surface area contributed by atoms with E-state index >= 15 is 0 Å².